The lowest BCUT2D eigenvalue weighted by atomic mass is 9.44. The van der Waals surface area contributed by atoms with Crippen LogP contribution < -0.4 is 0 Å². The van der Waals surface area contributed by atoms with Crippen molar-refractivity contribution in [1.82, 2.24) is 0 Å². The molecule has 0 aromatic heterocycles. The predicted molar refractivity (Wildman–Crippen MR) is 127 cm³/mol. The predicted octanol–water partition coefficient (Wildman–Crippen LogP) is 4.84. The van der Waals surface area contributed by atoms with Crippen LogP contribution in [0.5, 0.6) is 0 Å². The van der Waals surface area contributed by atoms with Crippen molar-refractivity contribution in [2.45, 2.75) is 111 Å². The molecule has 0 spiro atoms. The first-order chi connectivity index (χ1) is 14.9. The molecule has 0 heterocycles. The van der Waals surface area contributed by atoms with Crippen molar-refractivity contribution < 1.29 is 20.1 Å². The van der Waals surface area contributed by atoms with Gasteiger partial charge in [-0.25, -0.2) is 0 Å². The third kappa shape index (κ3) is 3.71. The molecule has 4 heteroatoms. The van der Waals surface area contributed by atoms with Crippen molar-refractivity contribution in [2.75, 3.05) is 0 Å². The molecule has 0 amide bonds. The van der Waals surface area contributed by atoms with E-state index in [1.54, 1.807) is 0 Å². The van der Waals surface area contributed by atoms with E-state index in [-0.39, 0.29) is 34.7 Å². The van der Waals surface area contributed by atoms with Gasteiger partial charge in [0.1, 0.15) is 5.78 Å². The summed E-state index contributed by atoms with van der Waals surface area (Å²) in [7, 11) is 0. The van der Waals surface area contributed by atoms with Gasteiger partial charge in [0.05, 0.1) is 18.3 Å². The van der Waals surface area contributed by atoms with Crippen molar-refractivity contribution in [3.63, 3.8) is 0 Å². The fraction of sp³-hybridized carbons (Fsp3) is 0.964. The van der Waals surface area contributed by atoms with Crippen LogP contribution in [0.4, 0.5) is 0 Å². The highest BCUT2D eigenvalue weighted by Crippen LogP contribution is 2.67. The number of Topliss-reactive ketones (excluding diaryl/α,β-unsaturated/α-hetero) is 1. The summed E-state index contributed by atoms with van der Waals surface area (Å²) in [6.07, 6.45) is 6.05. The smallest absolute Gasteiger partial charge is 0.136 e. The van der Waals surface area contributed by atoms with Crippen molar-refractivity contribution >= 4 is 5.78 Å². The lowest BCUT2D eigenvalue weighted by Gasteiger charge is -2.60. The maximum Gasteiger partial charge on any atom is 0.136 e. The zero-order valence-corrected chi connectivity index (χ0v) is 21.3. The Morgan fingerprint density at radius 2 is 1.50 bits per heavy atom. The minimum absolute atomic E-state index is 0.0440. The Labute approximate surface area is 195 Å². The lowest BCUT2D eigenvalue weighted by molar-refractivity contribution is -0.161. The number of hydrogen-bond donors (Lipinski definition) is 3. The van der Waals surface area contributed by atoms with Gasteiger partial charge in [-0.3, -0.25) is 4.79 Å². The molecule has 12 atom stereocenters. The van der Waals surface area contributed by atoms with Crippen LogP contribution in [-0.4, -0.2) is 39.4 Å². The van der Waals surface area contributed by atoms with Crippen LogP contribution >= 0.6 is 0 Å². The van der Waals surface area contributed by atoms with E-state index < -0.39 is 12.2 Å². The van der Waals surface area contributed by atoms with E-state index in [9.17, 15) is 20.1 Å². The SMILES string of the molecule is CC(C)[C@@H](C)[C@H](O)[C@@H](O)[C@@H](C)[C@H]1CC[C@H]2[C@@H]3CC(=O)[C@H]4C[C@H](O)CC[C@]4(C)[C@H]3CC[C@]12C. The van der Waals surface area contributed by atoms with E-state index in [0.29, 0.717) is 48.2 Å². The fourth-order valence-electron chi connectivity index (χ4n) is 9.18. The van der Waals surface area contributed by atoms with Crippen LogP contribution in [0, 0.1) is 58.2 Å². The summed E-state index contributed by atoms with van der Waals surface area (Å²) in [6, 6.07) is 0. The standard InChI is InChI=1S/C28H48O4/c1-15(2)16(3)25(31)26(32)17(4)20-7-8-21-19-14-24(30)23-13-18(29)9-11-28(23,6)22(19)10-12-27(20,21)5/h15-23,25-26,29,31-32H,7-14H2,1-6H3/t16-,17+,18-,19+,20-,21+,22+,23-,25+,26+,27-,28-/m1/s1. The first-order valence-electron chi connectivity index (χ1n) is 13.5. The van der Waals surface area contributed by atoms with Crippen LogP contribution in [0.25, 0.3) is 0 Å². The van der Waals surface area contributed by atoms with Crippen LogP contribution in [0.3, 0.4) is 0 Å². The second kappa shape index (κ2) is 8.64. The molecule has 4 aliphatic rings. The summed E-state index contributed by atoms with van der Waals surface area (Å²) < 4.78 is 0. The Balaban J connectivity index is 1.54. The normalized spacial score (nSPS) is 47.9. The average molecular weight is 449 g/mol. The number of fused-ring (bicyclic) bond motifs is 5. The van der Waals surface area contributed by atoms with Crippen LogP contribution in [-0.2, 0) is 4.79 Å². The van der Waals surface area contributed by atoms with Gasteiger partial charge in [0.15, 0.2) is 0 Å². The quantitative estimate of drug-likeness (QED) is 0.563. The average Bonchev–Trinajstić information content (AvgIpc) is 3.10. The molecule has 4 saturated carbocycles. The molecular weight excluding hydrogens is 400 g/mol. The van der Waals surface area contributed by atoms with E-state index in [4.69, 9.17) is 0 Å². The number of carbonyl (C=O) groups excluding carboxylic acids is 1. The number of ketones is 1. The van der Waals surface area contributed by atoms with Gasteiger partial charge < -0.3 is 15.3 Å². The van der Waals surface area contributed by atoms with E-state index in [1.165, 1.54) is 0 Å². The van der Waals surface area contributed by atoms with E-state index in [1.807, 2.05) is 6.92 Å². The third-order valence-corrected chi connectivity index (χ3v) is 11.6. The van der Waals surface area contributed by atoms with Gasteiger partial charge >= 0.3 is 0 Å². The molecule has 0 aliphatic heterocycles. The van der Waals surface area contributed by atoms with Crippen LogP contribution in [0.2, 0.25) is 0 Å². The highest BCUT2D eigenvalue weighted by atomic mass is 16.3. The topological polar surface area (TPSA) is 77.8 Å². The fourth-order valence-corrected chi connectivity index (χ4v) is 9.18. The minimum atomic E-state index is -0.694. The minimum Gasteiger partial charge on any atom is -0.393 e. The lowest BCUT2D eigenvalue weighted by Crippen LogP contribution is -2.57. The monoisotopic (exact) mass is 448 g/mol. The molecular formula is C28H48O4. The molecule has 0 unspecified atom stereocenters. The molecule has 4 rings (SSSR count). The first-order valence-corrected chi connectivity index (χ1v) is 13.5. The highest BCUT2D eigenvalue weighted by Gasteiger charge is 2.63. The first kappa shape index (κ1) is 24.7. The molecule has 4 aliphatic carbocycles. The summed E-state index contributed by atoms with van der Waals surface area (Å²) in [5.41, 5.74) is 0.187. The van der Waals surface area contributed by atoms with Gasteiger partial charge in [-0.15, -0.1) is 0 Å². The van der Waals surface area contributed by atoms with Gasteiger partial charge in [-0.1, -0.05) is 41.5 Å². The zero-order valence-electron chi connectivity index (χ0n) is 21.3. The summed E-state index contributed by atoms with van der Waals surface area (Å²) in [6.45, 7) is 13.2. The third-order valence-electron chi connectivity index (χ3n) is 11.6. The Morgan fingerprint density at radius 3 is 2.16 bits per heavy atom. The number of aliphatic hydroxyl groups excluding tert-OH is 3. The number of aliphatic hydroxyl groups is 3. The molecule has 4 fully saturated rings. The number of hydrogen-bond acceptors (Lipinski definition) is 4. The molecule has 0 aromatic carbocycles. The summed E-state index contributed by atoms with van der Waals surface area (Å²) in [4.78, 5) is 13.3. The van der Waals surface area contributed by atoms with Gasteiger partial charge in [0.25, 0.3) is 0 Å². The molecule has 0 bridgehead atoms. The van der Waals surface area contributed by atoms with Gasteiger partial charge in [0.2, 0.25) is 0 Å². The van der Waals surface area contributed by atoms with Gasteiger partial charge in [-0.05, 0) is 97.2 Å². The van der Waals surface area contributed by atoms with Crippen LogP contribution in [0.15, 0.2) is 0 Å². The van der Waals surface area contributed by atoms with Gasteiger partial charge in [-0.2, -0.15) is 0 Å². The molecule has 0 saturated heterocycles. The van der Waals surface area contributed by atoms with Gasteiger partial charge in [0, 0.05) is 12.3 Å². The van der Waals surface area contributed by atoms with Crippen LogP contribution in [0.1, 0.15) is 92.9 Å². The maximum atomic E-state index is 13.3. The Kier molecular flexibility index (Phi) is 6.66. The summed E-state index contributed by atoms with van der Waals surface area (Å²) >= 11 is 0. The largest absolute Gasteiger partial charge is 0.393 e. The number of rotatable bonds is 5. The molecule has 32 heavy (non-hydrogen) atoms. The zero-order chi connectivity index (χ0) is 23.6. The Bertz CT molecular complexity index is 706. The van der Waals surface area contributed by atoms with Crippen molar-refractivity contribution in [2.24, 2.45) is 58.2 Å². The summed E-state index contributed by atoms with van der Waals surface area (Å²) in [5.74, 6) is 2.88. The molecule has 0 aromatic rings. The second-order valence-electron chi connectivity index (χ2n) is 13.2. The highest BCUT2D eigenvalue weighted by molar-refractivity contribution is 5.83. The maximum absolute atomic E-state index is 13.3. The van der Waals surface area contributed by atoms with Crippen molar-refractivity contribution in [1.29, 1.82) is 0 Å². The molecule has 4 nitrogen and oxygen atoms in total. The summed E-state index contributed by atoms with van der Waals surface area (Å²) in [5, 5.41) is 32.2. The second-order valence-corrected chi connectivity index (χ2v) is 13.2. The number of carbonyl (C=O) groups is 1. The van der Waals surface area contributed by atoms with Crippen molar-refractivity contribution in [3.8, 4) is 0 Å². The molecule has 3 N–H and O–H groups in total. The Morgan fingerprint density at radius 1 is 0.875 bits per heavy atom. The molecule has 184 valence electrons. The Hall–Kier alpha value is -0.450. The molecule has 0 radical (unpaired) electrons. The van der Waals surface area contributed by atoms with E-state index in [0.717, 1.165) is 38.5 Å². The van der Waals surface area contributed by atoms with Crippen molar-refractivity contribution in [3.05, 3.63) is 0 Å². The van der Waals surface area contributed by atoms with E-state index >= 15 is 0 Å². The van der Waals surface area contributed by atoms with E-state index in [2.05, 4.69) is 34.6 Å².